The van der Waals surface area contributed by atoms with E-state index in [1.54, 1.807) is 0 Å². The van der Waals surface area contributed by atoms with Gasteiger partial charge in [0.2, 0.25) is 5.91 Å². The number of hydrogen-bond acceptors (Lipinski definition) is 4. The molecule has 116 valence electrons. The number of fused-ring (bicyclic) bond motifs is 1. The third kappa shape index (κ3) is 3.44. The number of carbonyl (C=O) groups is 1. The van der Waals surface area contributed by atoms with Crippen LogP contribution in [0.5, 0.6) is 0 Å². The van der Waals surface area contributed by atoms with Gasteiger partial charge in [-0.1, -0.05) is 42.5 Å². The molecule has 0 atom stereocenters. The van der Waals surface area contributed by atoms with E-state index < -0.39 is 0 Å². The predicted molar refractivity (Wildman–Crippen MR) is 88.0 cm³/mol. The number of hydrazine groups is 1. The molecular weight excluding hydrogens is 276 g/mol. The molecule has 0 aromatic heterocycles. The first kappa shape index (κ1) is 15.0. The first-order valence-electron chi connectivity index (χ1n) is 7.67. The van der Waals surface area contributed by atoms with E-state index in [2.05, 4.69) is 57.7 Å². The van der Waals surface area contributed by atoms with Crippen molar-refractivity contribution in [2.45, 2.75) is 6.54 Å². The quantitative estimate of drug-likeness (QED) is 0.501. The van der Waals surface area contributed by atoms with E-state index in [1.807, 2.05) is 0 Å². The van der Waals surface area contributed by atoms with Gasteiger partial charge in [0.15, 0.2) is 0 Å². The fraction of sp³-hybridized carbons (Fsp3) is 0.353. The van der Waals surface area contributed by atoms with Crippen LogP contribution < -0.4 is 11.3 Å². The summed E-state index contributed by atoms with van der Waals surface area (Å²) < 4.78 is 0. The van der Waals surface area contributed by atoms with Crippen LogP contribution in [0.25, 0.3) is 10.8 Å². The fourth-order valence-electron chi connectivity index (χ4n) is 3.03. The van der Waals surface area contributed by atoms with Crippen molar-refractivity contribution in [3.63, 3.8) is 0 Å². The monoisotopic (exact) mass is 298 g/mol. The molecule has 3 rings (SSSR count). The summed E-state index contributed by atoms with van der Waals surface area (Å²) in [6, 6.07) is 15.0. The Bertz CT molecular complexity index is 645. The van der Waals surface area contributed by atoms with E-state index in [0.717, 1.165) is 32.7 Å². The zero-order valence-corrected chi connectivity index (χ0v) is 12.7. The first-order chi connectivity index (χ1) is 10.8. The van der Waals surface area contributed by atoms with Crippen molar-refractivity contribution in [1.29, 1.82) is 0 Å². The number of nitrogens with zero attached hydrogens (tertiary/aromatic N) is 2. The number of piperazine rings is 1. The Morgan fingerprint density at radius 3 is 2.45 bits per heavy atom. The highest BCUT2D eigenvalue weighted by Gasteiger charge is 2.19. The van der Waals surface area contributed by atoms with Crippen molar-refractivity contribution in [3.8, 4) is 0 Å². The van der Waals surface area contributed by atoms with Crippen LogP contribution in [-0.4, -0.2) is 48.4 Å². The molecule has 0 spiro atoms. The summed E-state index contributed by atoms with van der Waals surface area (Å²) in [4.78, 5) is 15.9. The molecule has 5 nitrogen and oxygen atoms in total. The maximum absolute atomic E-state index is 11.3. The highest BCUT2D eigenvalue weighted by Crippen LogP contribution is 2.20. The zero-order chi connectivity index (χ0) is 15.4. The number of carbonyl (C=O) groups excluding carboxylic acids is 1. The number of amides is 1. The Morgan fingerprint density at radius 2 is 1.68 bits per heavy atom. The van der Waals surface area contributed by atoms with Crippen LogP contribution >= 0.6 is 0 Å². The van der Waals surface area contributed by atoms with Gasteiger partial charge >= 0.3 is 0 Å². The van der Waals surface area contributed by atoms with Crippen molar-refractivity contribution in [2.75, 3.05) is 32.7 Å². The van der Waals surface area contributed by atoms with Gasteiger partial charge in [0, 0.05) is 32.7 Å². The highest BCUT2D eigenvalue weighted by atomic mass is 16.2. The maximum Gasteiger partial charge on any atom is 0.248 e. The van der Waals surface area contributed by atoms with Crippen molar-refractivity contribution in [1.82, 2.24) is 15.2 Å². The molecule has 1 amide bonds. The number of rotatable bonds is 4. The Labute approximate surface area is 130 Å². The van der Waals surface area contributed by atoms with Crippen molar-refractivity contribution >= 4 is 16.7 Å². The second-order valence-electron chi connectivity index (χ2n) is 5.76. The van der Waals surface area contributed by atoms with Gasteiger partial charge < -0.3 is 0 Å². The van der Waals surface area contributed by atoms with Crippen LogP contribution in [0.1, 0.15) is 5.56 Å². The smallest absolute Gasteiger partial charge is 0.248 e. The normalized spacial score (nSPS) is 16.8. The van der Waals surface area contributed by atoms with Gasteiger partial charge in [-0.3, -0.25) is 20.0 Å². The molecule has 2 aromatic rings. The number of hydrogen-bond donors (Lipinski definition) is 2. The van der Waals surface area contributed by atoms with E-state index in [1.165, 1.54) is 16.3 Å². The second-order valence-corrected chi connectivity index (χ2v) is 5.76. The van der Waals surface area contributed by atoms with Gasteiger partial charge in [-0.15, -0.1) is 0 Å². The molecule has 1 heterocycles. The van der Waals surface area contributed by atoms with Crippen molar-refractivity contribution < 1.29 is 4.79 Å². The molecule has 0 bridgehead atoms. The Balaban J connectivity index is 1.61. The molecule has 1 fully saturated rings. The van der Waals surface area contributed by atoms with Gasteiger partial charge in [0.25, 0.3) is 0 Å². The molecule has 0 radical (unpaired) electrons. The van der Waals surface area contributed by atoms with Crippen LogP contribution in [0.4, 0.5) is 0 Å². The lowest BCUT2D eigenvalue weighted by atomic mass is 10.0. The Morgan fingerprint density at radius 1 is 1.00 bits per heavy atom. The number of benzene rings is 2. The topological polar surface area (TPSA) is 61.6 Å². The van der Waals surface area contributed by atoms with Crippen LogP contribution in [0.2, 0.25) is 0 Å². The third-order valence-electron chi connectivity index (χ3n) is 4.27. The molecule has 3 N–H and O–H groups in total. The van der Waals surface area contributed by atoms with Crippen LogP contribution in [0.3, 0.4) is 0 Å². The number of nitrogens with one attached hydrogen (secondary N) is 1. The summed E-state index contributed by atoms with van der Waals surface area (Å²) in [7, 11) is 0. The van der Waals surface area contributed by atoms with Crippen molar-refractivity contribution in [2.24, 2.45) is 5.84 Å². The van der Waals surface area contributed by atoms with Crippen LogP contribution in [0, 0.1) is 0 Å². The molecule has 22 heavy (non-hydrogen) atoms. The third-order valence-corrected chi connectivity index (χ3v) is 4.27. The van der Waals surface area contributed by atoms with Gasteiger partial charge in [0.05, 0.1) is 6.54 Å². The predicted octanol–water partition coefficient (Wildman–Crippen LogP) is 0.947. The van der Waals surface area contributed by atoms with E-state index >= 15 is 0 Å². The standard InChI is InChI=1S/C17H22N4O/c18-19-17(22)13-21-10-8-20(9-11-21)12-15-6-3-5-14-4-1-2-7-16(14)15/h1-7H,8-13,18H2,(H,19,22). The largest absolute Gasteiger partial charge is 0.297 e. The minimum absolute atomic E-state index is 0.123. The van der Waals surface area contributed by atoms with Gasteiger partial charge in [-0.25, -0.2) is 5.84 Å². The molecule has 1 saturated heterocycles. The average Bonchev–Trinajstić information content (AvgIpc) is 2.57. The lowest BCUT2D eigenvalue weighted by Crippen LogP contribution is -2.49. The molecule has 0 unspecified atom stereocenters. The molecule has 2 aromatic carbocycles. The van der Waals surface area contributed by atoms with E-state index in [0.29, 0.717) is 6.54 Å². The number of nitrogens with two attached hydrogens (primary N) is 1. The van der Waals surface area contributed by atoms with Crippen molar-refractivity contribution in [3.05, 3.63) is 48.0 Å². The molecule has 0 aliphatic carbocycles. The summed E-state index contributed by atoms with van der Waals surface area (Å²) >= 11 is 0. The summed E-state index contributed by atoms with van der Waals surface area (Å²) in [6.07, 6.45) is 0. The van der Waals surface area contributed by atoms with Crippen LogP contribution in [-0.2, 0) is 11.3 Å². The first-order valence-corrected chi connectivity index (χ1v) is 7.67. The summed E-state index contributed by atoms with van der Waals surface area (Å²) in [5.74, 6) is 5.01. The van der Waals surface area contributed by atoms with Gasteiger partial charge in [-0.05, 0) is 16.3 Å². The summed E-state index contributed by atoms with van der Waals surface area (Å²) in [5, 5.41) is 2.62. The molecule has 5 heteroatoms. The Hall–Kier alpha value is -1.95. The fourth-order valence-corrected chi connectivity index (χ4v) is 3.03. The molecule has 1 aliphatic heterocycles. The van der Waals surface area contributed by atoms with Crippen LogP contribution in [0.15, 0.2) is 42.5 Å². The maximum atomic E-state index is 11.3. The zero-order valence-electron chi connectivity index (χ0n) is 12.7. The Kier molecular flexibility index (Phi) is 4.68. The highest BCUT2D eigenvalue weighted by molar-refractivity contribution is 5.85. The minimum atomic E-state index is -0.123. The summed E-state index contributed by atoms with van der Waals surface area (Å²) in [6.45, 7) is 5.09. The van der Waals surface area contributed by atoms with Gasteiger partial charge in [0.1, 0.15) is 0 Å². The molecular formula is C17H22N4O. The van der Waals surface area contributed by atoms with Gasteiger partial charge in [-0.2, -0.15) is 0 Å². The SMILES string of the molecule is NNC(=O)CN1CCN(Cc2cccc3ccccc23)CC1. The van der Waals surface area contributed by atoms with E-state index in [9.17, 15) is 4.79 Å². The average molecular weight is 298 g/mol. The second kappa shape index (κ2) is 6.87. The minimum Gasteiger partial charge on any atom is -0.297 e. The van der Waals surface area contributed by atoms with E-state index in [-0.39, 0.29) is 5.91 Å². The molecule has 1 aliphatic rings. The summed E-state index contributed by atoms with van der Waals surface area (Å²) in [5.41, 5.74) is 3.56. The molecule has 0 saturated carbocycles. The van der Waals surface area contributed by atoms with E-state index in [4.69, 9.17) is 5.84 Å². The lowest BCUT2D eigenvalue weighted by Gasteiger charge is -2.34. The lowest BCUT2D eigenvalue weighted by molar-refractivity contribution is -0.122.